The summed E-state index contributed by atoms with van der Waals surface area (Å²) < 4.78 is 0. The summed E-state index contributed by atoms with van der Waals surface area (Å²) in [6.07, 6.45) is 0.524. The van der Waals surface area contributed by atoms with Crippen molar-refractivity contribution in [3.63, 3.8) is 0 Å². The first-order chi connectivity index (χ1) is 12.1. The van der Waals surface area contributed by atoms with Gasteiger partial charge in [-0.25, -0.2) is 9.69 Å². The molecule has 3 rings (SSSR count). The van der Waals surface area contributed by atoms with Crippen molar-refractivity contribution in [1.82, 2.24) is 10.2 Å². The molecule has 2 atom stereocenters. The van der Waals surface area contributed by atoms with Gasteiger partial charge in [-0.1, -0.05) is 67.6 Å². The first-order valence-electron chi connectivity index (χ1n) is 8.61. The maximum Gasteiger partial charge on any atom is 0.329 e. The van der Waals surface area contributed by atoms with Crippen molar-refractivity contribution in [3.8, 4) is 0 Å². The van der Waals surface area contributed by atoms with E-state index in [2.05, 4.69) is 17.4 Å². The molecule has 5 nitrogen and oxygen atoms in total. The molecule has 5 heteroatoms. The van der Waals surface area contributed by atoms with Crippen LogP contribution in [0, 0.1) is 0 Å². The minimum absolute atomic E-state index is 0.168. The lowest BCUT2D eigenvalue weighted by atomic mass is 9.87. The van der Waals surface area contributed by atoms with E-state index in [0.717, 1.165) is 17.0 Å². The van der Waals surface area contributed by atoms with Crippen LogP contribution in [0.25, 0.3) is 0 Å². The minimum Gasteiger partial charge on any atom is -0.319 e. The van der Waals surface area contributed by atoms with Crippen LogP contribution in [0.1, 0.15) is 24.5 Å². The molecule has 2 N–H and O–H groups in total. The van der Waals surface area contributed by atoms with E-state index in [1.807, 2.05) is 62.5 Å². The number of imide groups is 1. The van der Waals surface area contributed by atoms with Gasteiger partial charge in [-0.15, -0.1) is 0 Å². The summed E-state index contributed by atoms with van der Waals surface area (Å²) in [6.45, 7) is 3.02. The van der Waals surface area contributed by atoms with Crippen molar-refractivity contribution in [2.45, 2.75) is 25.4 Å². The maximum absolute atomic E-state index is 13.1. The van der Waals surface area contributed by atoms with Crippen LogP contribution in [-0.2, 0) is 16.9 Å². The number of hydrogen-bond acceptors (Lipinski definition) is 2. The number of quaternary nitrogens is 1. The lowest BCUT2D eigenvalue weighted by molar-refractivity contribution is -0.901. The van der Waals surface area contributed by atoms with Crippen molar-refractivity contribution >= 4 is 11.9 Å². The first kappa shape index (κ1) is 17.2. The molecule has 0 aromatic heterocycles. The van der Waals surface area contributed by atoms with E-state index in [9.17, 15) is 9.59 Å². The number of nitrogens with one attached hydrogen (secondary N) is 2. The topological polar surface area (TPSA) is 53.9 Å². The van der Waals surface area contributed by atoms with Crippen molar-refractivity contribution in [1.29, 1.82) is 0 Å². The molecule has 3 amide bonds. The highest BCUT2D eigenvalue weighted by Gasteiger charge is 2.52. The van der Waals surface area contributed by atoms with Gasteiger partial charge >= 0.3 is 6.03 Å². The second kappa shape index (κ2) is 7.07. The van der Waals surface area contributed by atoms with Gasteiger partial charge in [-0.3, -0.25) is 4.79 Å². The maximum atomic E-state index is 13.1. The van der Waals surface area contributed by atoms with Crippen LogP contribution >= 0.6 is 0 Å². The van der Waals surface area contributed by atoms with Crippen LogP contribution < -0.4 is 10.2 Å². The molecule has 0 spiro atoms. The van der Waals surface area contributed by atoms with E-state index in [-0.39, 0.29) is 11.9 Å². The predicted molar refractivity (Wildman–Crippen MR) is 95.7 cm³/mol. The average molecular weight is 338 g/mol. The fraction of sp³-hybridized carbons (Fsp3) is 0.300. The van der Waals surface area contributed by atoms with Gasteiger partial charge in [0.15, 0.2) is 6.67 Å². The molecule has 0 aliphatic carbocycles. The zero-order chi connectivity index (χ0) is 17.9. The van der Waals surface area contributed by atoms with Gasteiger partial charge in [0.1, 0.15) is 12.1 Å². The van der Waals surface area contributed by atoms with E-state index in [4.69, 9.17) is 0 Å². The molecule has 1 aliphatic rings. The van der Waals surface area contributed by atoms with Crippen LogP contribution in [0.3, 0.4) is 0 Å². The van der Waals surface area contributed by atoms with E-state index < -0.39 is 5.54 Å². The largest absolute Gasteiger partial charge is 0.329 e. The Morgan fingerprint density at radius 3 is 2.20 bits per heavy atom. The first-order valence-corrected chi connectivity index (χ1v) is 8.61. The highest BCUT2D eigenvalue weighted by molar-refractivity contribution is 6.07. The highest BCUT2D eigenvalue weighted by atomic mass is 16.2. The zero-order valence-corrected chi connectivity index (χ0v) is 14.7. The summed E-state index contributed by atoms with van der Waals surface area (Å²) >= 11 is 0. The minimum atomic E-state index is -0.953. The third-order valence-corrected chi connectivity index (χ3v) is 4.75. The molecular formula is C20H24N3O2+. The lowest BCUT2D eigenvalue weighted by Crippen LogP contribution is -3.09. The summed E-state index contributed by atoms with van der Waals surface area (Å²) in [5.41, 5.74) is 1.06. The van der Waals surface area contributed by atoms with Gasteiger partial charge in [0.25, 0.3) is 5.91 Å². The number of carbonyl (C=O) groups is 2. The second-order valence-electron chi connectivity index (χ2n) is 6.57. The lowest BCUT2D eigenvalue weighted by Gasteiger charge is -2.26. The molecule has 1 fully saturated rings. The van der Waals surface area contributed by atoms with Crippen molar-refractivity contribution in [2.75, 3.05) is 13.7 Å². The molecule has 0 saturated carbocycles. The third-order valence-electron chi connectivity index (χ3n) is 4.75. The Bertz CT molecular complexity index is 748. The summed E-state index contributed by atoms with van der Waals surface area (Å²) in [5, 5.41) is 2.93. The van der Waals surface area contributed by atoms with Gasteiger partial charge in [0.2, 0.25) is 0 Å². The fourth-order valence-corrected chi connectivity index (χ4v) is 3.40. The SMILES string of the molecule is CC[C@@]1(c2ccccc2)NC(=O)N(C[NH+](C)Cc2ccccc2)C1=O. The number of amides is 3. The van der Waals surface area contributed by atoms with Gasteiger partial charge in [0.05, 0.1) is 7.05 Å². The molecule has 130 valence electrons. The molecule has 0 radical (unpaired) electrons. The predicted octanol–water partition coefficient (Wildman–Crippen LogP) is 1.52. The Hall–Kier alpha value is -2.66. The smallest absolute Gasteiger partial charge is 0.319 e. The molecule has 2 aromatic rings. The summed E-state index contributed by atoms with van der Waals surface area (Å²) in [5.74, 6) is -0.168. The monoisotopic (exact) mass is 338 g/mol. The number of rotatable bonds is 6. The van der Waals surface area contributed by atoms with Crippen molar-refractivity contribution in [3.05, 3.63) is 71.8 Å². The van der Waals surface area contributed by atoms with E-state index in [0.29, 0.717) is 13.1 Å². The summed E-state index contributed by atoms with van der Waals surface area (Å²) in [4.78, 5) is 28.0. The number of urea groups is 1. The Kier molecular flexibility index (Phi) is 4.86. The van der Waals surface area contributed by atoms with Crippen LogP contribution in [0.5, 0.6) is 0 Å². The zero-order valence-electron chi connectivity index (χ0n) is 14.7. The van der Waals surface area contributed by atoms with Gasteiger partial charge in [-0.05, 0) is 12.0 Å². The molecule has 1 aliphatic heterocycles. The Balaban J connectivity index is 1.77. The van der Waals surface area contributed by atoms with Gasteiger partial charge in [-0.2, -0.15) is 0 Å². The Morgan fingerprint density at radius 1 is 1.00 bits per heavy atom. The summed E-state index contributed by atoms with van der Waals surface area (Å²) in [7, 11) is 1.99. The van der Waals surface area contributed by atoms with Crippen LogP contribution in [0.2, 0.25) is 0 Å². The standard InChI is InChI=1S/C20H23N3O2/c1-3-20(17-12-8-5-9-13-17)18(24)23(19(25)21-20)15-22(2)14-16-10-6-4-7-11-16/h4-13H,3,14-15H2,1-2H3,(H,21,25)/p+1/t20-/m0/s1. The molecule has 1 unspecified atom stereocenters. The third kappa shape index (κ3) is 3.28. The molecule has 1 heterocycles. The van der Waals surface area contributed by atoms with E-state index in [1.165, 1.54) is 10.5 Å². The van der Waals surface area contributed by atoms with Crippen LogP contribution in [-0.4, -0.2) is 30.6 Å². The van der Waals surface area contributed by atoms with Crippen molar-refractivity contribution < 1.29 is 14.5 Å². The van der Waals surface area contributed by atoms with Gasteiger partial charge < -0.3 is 10.2 Å². The Morgan fingerprint density at radius 2 is 1.60 bits per heavy atom. The average Bonchev–Trinajstić information content (AvgIpc) is 2.88. The molecule has 2 aromatic carbocycles. The normalized spacial score (nSPS) is 21.3. The highest BCUT2D eigenvalue weighted by Crippen LogP contribution is 2.31. The number of benzene rings is 2. The number of hydrogen-bond donors (Lipinski definition) is 2. The molecular weight excluding hydrogens is 314 g/mol. The van der Waals surface area contributed by atoms with Crippen molar-refractivity contribution in [2.24, 2.45) is 0 Å². The quantitative estimate of drug-likeness (QED) is 0.785. The molecule has 25 heavy (non-hydrogen) atoms. The fourth-order valence-electron chi connectivity index (χ4n) is 3.40. The summed E-state index contributed by atoms with van der Waals surface area (Å²) in [6, 6.07) is 19.2. The van der Waals surface area contributed by atoms with Crippen LogP contribution in [0.4, 0.5) is 4.79 Å². The van der Waals surface area contributed by atoms with Gasteiger partial charge in [0, 0.05) is 5.56 Å². The Labute approximate surface area is 148 Å². The van der Waals surface area contributed by atoms with E-state index >= 15 is 0 Å². The van der Waals surface area contributed by atoms with Crippen LogP contribution in [0.15, 0.2) is 60.7 Å². The molecule has 1 saturated heterocycles. The van der Waals surface area contributed by atoms with E-state index in [1.54, 1.807) is 0 Å². The molecule has 0 bridgehead atoms. The number of carbonyl (C=O) groups excluding carboxylic acids is 2. The second-order valence-corrected chi connectivity index (χ2v) is 6.57. The number of nitrogens with zero attached hydrogens (tertiary/aromatic N) is 1.